The lowest BCUT2D eigenvalue weighted by molar-refractivity contribution is 0.100. The number of nitrogens with two attached hydrogens (primary N) is 1. The highest BCUT2D eigenvalue weighted by Gasteiger charge is 2.34. The Morgan fingerprint density at radius 2 is 2.10 bits per heavy atom. The van der Waals surface area contributed by atoms with Crippen LogP contribution in [0.2, 0.25) is 0 Å². The van der Waals surface area contributed by atoms with Crippen LogP contribution in [-0.4, -0.2) is 53.4 Å². The molecule has 0 bridgehead atoms. The number of carbonyl (C=O) groups excluding carboxylic acids is 1. The molecule has 2 N–H and O–H groups in total. The minimum Gasteiger partial charge on any atom is -0.365 e. The van der Waals surface area contributed by atoms with Crippen LogP contribution in [0.15, 0.2) is 6.20 Å². The number of hydrogen-bond donors (Lipinski definition) is 1. The van der Waals surface area contributed by atoms with Gasteiger partial charge in [-0.05, 0) is 52.4 Å². The van der Waals surface area contributed by atoms with Gasteiger partial charge in [0, 0.05) is 6.04 Å². The molecular formula is C14H22N4OS. The maximum atomic E-state index is 11.2. The molecule has 20 heavy (non-hydrogen) atoms. The first-order valence-corrected chi connectivity index (χ1v) is 8.16. The monoisotopic (exact) mass is 294 g/mol. The maximum absolute atomic E-state index is 11.2. The van der Waals surface area contributed by atoms with Gasteiger partial charge in [0.1, 0.15) is 9.88 Å². The summed E-state index contributed by atoms with van der Waals surface area (Å²) in [4.78, 5) is 21.3. The SMILES string of the molecule is CN1CCC(N2CCC[C@@H]2c2ncc(C(N)=O)s2)CC1. The number of likely N-dealkylation sites (tertiary alicyclic amines) is 2. The van der Waals surface area contributed by atoms with Crippen molar-refractivity contribution >= 4 is 17.2 Å². The van der Waals surface area contributed by atoms with Gasteiger partial charge in [0.25, 0.3) is 5.91 Å². The molecule has 0 aromatic carbocycles. The summed E-state index contributed by atoms with van der Waals surface area (Å²) in [5, 5.41) is 1.07. The van der Waals surface area contributed by atoms with Crippen LogP contribution >= 0.6 is 11.3 Å². The number of carbonyl (C=O) groups is 1. The summed E-state index contributed by atoms with van der Waals surface area (Å²) in [5.41, 5.74) is 5.33. The molecule has 1 aromatic rings. The summed E-state index contributed by atoms with van der Waals surface area (Å²) >= 11 is 1.47. The molecule has 1 amide bonds. The highest BCUT2D eigenvalue weighted by Crippen LogP contribution is 2.37. The lowest BCUT2D eigenvalue weighted by atomic mass is 10.0. The quantitative estimate of drug-likeness (QED) is 0.917. The van der Waals surface area contributed by atoms with Gasteiger partial charge in [-0.3, -0.25) is 9.69 Å². The molecular weight excluding hydrogens is 272 g/mol. The van der Waals surface area contributed by atoms with Gasteiger partial charge in [-0.1, -0.05) is 0 Å². The molecule has 6 heteroatoms. The molecule has 0 radical (unpaired) electrons. The molecule has 0 aliphatic carbocycles. The van der Waals surface area contributed by atoms with Crippen molar-refractivity contribution in [2.24, 2.45) is 5.73 Å². The minimum absolute atomic E-state index is 0.363. The van der Waals surface area contributed by atoms with Gasteiger partial charge >= 0.3 is 0 Å². The number of thiazole rings is 1. The van der Waals surface area contributed by atoms with Gasteiger partial charge in [0.05, 0.1) is 12.2 Å². The fourth-order valence-corrected chi connectivity index (χ4v) is 4.30. The Kier molecular flexibility index (Phi) is 4.05. The van der Waals surface area contributed by atoms with Crippen LogP contribution in [0.5, 0.6) is 0 Å². The second kappa shape index (κ2) is 5.79. The van der Waals surface area contributed by atoms with Gasteiger partial charge in [0.2, 0.25) is 0 Å². The van der Waals surface area contributed by atoms with Crippen LogP contribution < -0.4 is 5.73 Å². The van der Waals surface area contributed by atoms with Crippen molar-refractivity contribution in [2.75, 3.05) is 26.7 Å². The lowest BCUT2D eigenvalue weighted by Gasteiger charge is -2.37. The fraction of sp³-hybridized carbons (Fsp3) is 0.714. The molecule has 5 nitrogen and oxygen atoms in total. The third-order valence-corrected chi connectivity index (χ3v) is 5.62. The fourth-order valence-electron chi connectivity index (χ4n) is 3.37. The zero-order valence-electron chi connectivity index (χ0n) is 11.9. The smallest absolute Gasteiger partial charge is 0.260 e. The molecule has 0 saturated carbocycles. The number of hydrogen-bond acceptors (Lipinski definition) is 5. The van der Waals surface area contributed by atoms with Gasteiger partial charge in [-0.25, -0.2) is 4.98 Å². The van der Waals surface area contributed by atoms with Crippen LogP contribution in [0.25, 0.3) is 0 Å². The molecule has 3 heterocycles. The van der Waals surface area contributed by atoms with Crippen molar-refractivity contribution in [3.8, 4) is 0 Å². The zero-order valence-corrected chi connectivity index (χ0v) is 12.7. The third kappa shape index (κ3) is 2.73. The van der Waals surface area contributed by atoms with Gasteiger partial charge in [-0.15, -0.1) is 11.3 Å². The summed E-state index contributed by atoms with van der Waals surface area (Å²) in [7, 11) is 2.19. The van der Waals surface area contributed by atoms with E-state index in [4.69, 9.17) is 5.73 Å². The predicted molar refractivity (Wildman–Crippen MR) is 79.8 cm³/mol. The van der Waals surface area contributed by atoms with E-state index in [1.807, 2.05) is 0 Å². The van der Waals surface area contributed by atoms with Gasteiger partial charge < -0.3 is 10.6 Å². The summed E-state index contributed by atoms with van der Waals surface area (Å²) < 4.78 is 0. The van der Waals surface area contributed by atoms with Gasteiger partial charge in [0.15, 0.2) is 0 Å². The van der Waals surface area contributed by atoms with Crippen LogP contribution in [0.4, 0.5) is 0 Å². The van der Waals surface area contributed by atoms with E-state index in [0.29, 0.717) is 17.0 Å². The van der Waals surface area contributed by atoms with Crippen molar-refractivity contribution in [3.05, 3.63) is 16.1 Å². The summed E-state index contributed by atoms with van der Waals surface area (Å²) in [6.07, 6.45) is 6.48. The zero-order chi connectivity index (χ0) is 14.1. The van der Waals surface area contributed by atoms with E-state index in [2.05, 4.69) is 21.8 Å². The van der Waals surface area contributed by atoms with Crippen LogP contribution in [0.3, 0.4) is 0 Å². The Labute approximate surface area is 123 Å². The average Bonchev–Trinajstić information content (AvgIpc) is 3.08. The summed E-state index contributed by atoms with van der Waals surface area (Å²) in [6.45, 7) is 3.51. The molecule has 1 atom stereocenters. The average molecular weight is 294 g/mol. The first-order valence-electron chi connectivity index (χ1n) is 7.35. The number of aromatic nitrogens is 1. The van der Waals surface area contributed by atoms with E-state index in [-0.39, 0.29) is 5.91 Å². The Balaban J connectivity index is 1.73. The van der Waals surface area contributed by atoms with Crippen molar-refractivity contribution in [2.45, 2.75) is 37.8 Å². The van der Waals surface area contributed by atoms with Crippen molar-refractivity contribution < 1.29 is 4.79 Å². The van der Waals surface area contributed by atoms with Crippen LogP contribution in [-0.2, 0) is 0 Å². The molecule has 0 unspecified atom stereocenters. The molecule has 3 rings (SSSR count). The first-order chi connectivity index (χ1) is 9.65. The topological polar surface area (TPSA) is 62.5 Å². The largest absolute Gasteiger partial charge is 0.365 e. The van der Waals surface area contributed by atoms with Crippen LogP contribution in [0, 0.1) is 0 Å². The Hall–Kier alpha value is -0.980. The summed E-state index contributed by atoms with van der Waals surface area (Å²) in [6, 6.07) is 1.06. The van der Waals surface area contributed by atoms with Crippen LogP contribution in [0.1, 0.15) is 46.4 Å². The molecule has 1 aromatic heterocycles. The van der Waals surface area contributed by atoms with E-state index >= 15 is 0 Å². The highest BCUT2D eigenvalue weighted by molar-refractivity contribution is 7.13. The number of piperidine rings is 1. The first kappa shape index (κ1) is 14.0. The number of amides is 1. The van der Waals surface area contributed by atoms with E-state index < -0.39 is 0 Å². The normalized spacial score (nSPS) is 26.1. The Bertz CT molecular complexity index is 481. The van der Waals surface area contributed by atoms with E-state index in [1.165, 1.54) is 43.7 Å². The molecule has 2 aliphatic rings. The number of nitrogens with zero attached hydrogens (tertiary/aromatic N) is 3. The molecule has 2 aliphatic heterocycles. The third-order valence-electron chi connectivity index (χ3n) is 4.50. The molecule has 2 fully saturated rings. The molecule has 0 spiro atoms. The van der Waals surface area contributed by atoms with E-state index in [9.17, 15) is 4.79 Å². The van der Waals surface area contributed by atoms with E-state index in [1.54, 1.807) is 6.20 Å². The number of rotatable bonds is 3. The maximum Gasteiger partial charge on any atom is 0.260 e. The second-order valence-electron chi connectivity index (χ2n) is 5.86. The molecule has 2 saturated heterocycles. The second-order valence-corrected chi connectivity index (χ2v) is 6.92. The summed E-state index contributed by atoms with van der Waals surface area (Å²) in [5.74, 6) is -0.363. The number of primary amides is 1. The van der Waals surface area contributed by atoms with E-state index in [0.717, 1.165) is 18.0 Å². The van der Waals surface area contributed by atoms with Crippen molar-refractivity contribution in [3.63, 3.8) is 0 Å². The Morgan fingerprint density at radius 3 is 2.75 bits per heavy atom. The van der Waals surface area contributed by atoms with Crippen molar-refractivity contribution in [1.82, 2.24) is 14.8 Å². The highest BCUT2D eigenvalue weighted by atomic mass is 32.1. The standard InChI is InChI=1S/C14H22N4OS/c1-17-7-4-10(5-8-17)18-6-2-3-11(18)14-16-9-12(20-14)13(15)19/h9-11H,2-8H2,1H3,(H2,15,19)/t11-/m1/s1. The Morgan fingerprint density at radius 1 is 1.35 bits per heavy atom. The predicted octanol–water partition coefficient (Wildman–Crippen LogP) is 1.47. The minimum atomic E-state index is -0.363. The van der Waals surface area contributed by atoms with Crippen molar-refractivity contribution in [1.29, 1.82) is 0 Å². The lowest BCUT2D eigenvalue weighted by Crippen LogP contribution is -2.43. The van der Waals surface area contributed by atoms with Gasteiger partial charge in [-0.2, -0.15) is 0 Å². The molecule has 110 valence electrons.